The van der Waals surface area contributed by atoms with Gasteiger partial charge in [0.1, 0.15) is 0 Å². The Bertz CT molecular complexity index is 2580. The van der Waals surface area contributed by atoms with Crippen LogP contribution in [0, 0.1) is 0 Å². The van der Waals surface area contributed by atoms with Gasteiger partial charge in [-0.05, 0) is 93.3 Å². The van der Waals surface area contributed by atoms with Gasteiger partial charge in [0, 0.05) is 33.5 Å². The van der Waals surface area contributed by atoms with Gasteiger partial charge in [-0.15, -0.1) is 0 Å². The lowest BCUT2D eigenvalue weighted by Gasteiger charge is -2.27. The predicted octanol–water partition coefficient (Wildman–Crippen LogP) is 13.8. The minimum atomic E-state index is 1.11. The Balaban J connectivity index is 1.10. The van der Waals surface area contributed by atoms with Crippen molar-refractivity contribution in [3.63, 3.8) is 0 Å². The third kappa shape index (κ3) is 5.43. The second kappa shape index (κ2) is 12.8. The Kier molecular flexibility index (Phi) is 7.53. The first-order valence-corrected chi connectivity index (χ1v) is 17.1. The molecule has 50 heavy (non-hydrogen) atoms. The Morgan fingerprint density at radius 2 is 0.640 bits per heavy atom. The van der Waals surface area contributed by atoms with Gasteiger partial charge in [-0.2, -0.15) is 0 Å². The average molecular weight is 639 g/mol. The molecule has 2 heteroatoms. The molecule has 0 spiro atoms. The molecule has 0 aliphatic rings. The first-order valence-electron chi connectivity index (χ1n) is 17.1. The van der Waals surface area contributed by atoms with Crippen molar-refractivity contribution in [3.8, 4) is 11.1 Å². The van der Waals surface area contributed by atoms with E-state index in [-0.39, 0.29) is 0 Å². The van der Waals surface area contributed by atoms with Gasteiger partial charge < -0.3 is 9.80 Å². The SMILES string of the molecule is c1ccc(N(c2ccc(-c3ccc(N(c4ccc5ccccc5c4)c4cccc5ccccc45)cc3)cc2)c2cccc3ccccc23)cc1. The van der Waals surface area contributed by atoms with Gasteiger partial charge in [-0.1, -0.05) is 146 Å². The van der Waals surface area contributed by atoms with Crippen LogP contribution in [0.15, 0.2) is 206 Å². The second-order valence-corrected chi connectivity index (χ2v) is 12.6. The topological polar surface area (TPSA) is 6.48 Å². The highest BCUT2D eigenvalue weighted by Gasteiger charge is 2.17. The van der Waals surface area contributed by atoms with E-state index >= 15 is 0 Å². The Hall–Kier alpha value is -6.64. The maximum atomic E-state index is 2.38. The monoisotopic (exact) mass is 638 g/mol. The highest BCUT2D eigenvalue weighted by atomic mass is 15.1. The zero-order chi connectivity index (χ0) is 33.3. The highest BCUT2D eigenvalue weighted by molar-refractivity contribution is 6.01. The van der Waals surface area contributed by atoms with Crippen molar-refractivity contribution in [2.45, 2.75) is 0 Å². The molecular formula is C48H34N2. The zero-order valence-corrected chi connectivity index (χ0v) is 27.5. The van der Waals surface area contributed by atoms with Crippen LogP contribution < -0.4 is 9.80 Å². The van der Waals surface area contributed by atoms with Crippen molar-refractivity contribution in [1.29, 1.82) is 0 Å². The minimum Gasteiger partial charge on any atom is -0.310 e. The van der Waals surface area contributed by atoms with Crippen molar-refractivity contribution in [2.75, 3.05) is 9.80 Å². The fraction of sp³-hybridized carbons (Fsp3) is 0. The molecule has 0 amide bonds. The van der Waals surface area contributed by atoms with Crippen molar-refractivity contribution in [2.24, 2.45) is 0 Å². The molecule has 0 saturated carbocycles. The summed E-state index contributed by atoms with van der Waals surface area (Å²) in [6, 6.07) is 74.1. The van der Waals surface area contributed by atoms with E-state index in [1.165, 1.54) is 43.4 Å². The van der Waals surface area contributed by atoms with Crippen LogP contribution >= 0.6 is 0 Å². The van der Waals surface area contributed by atoms with Crippen LogP contribution in [-0.4, -0.2) is 0 Å². The summed E-state index contributed by atoms with van der Waals surface area (Å²) >= 11 is 0. The smallest absolute Gasteiger partial charge is 0.0540 e. The molecule has 0 saturated heterocycles. The maximum absolute atomic E-state index is 2.38. The van der Waals surface area contributed by atoms with Gasteiger partial charge in [0.25, 0.3) is 0 Å². The summed E-state index contributed by atoms with van der Waals surface area (Å²) in [5, 5.41) is 7.35. The van der Waals surface area contributed by atoms with Crippen LogP contribution in [-0.2, 0) is 0 Å². The summed E-state index contributed by atoms with van der Waals surface area (Å²) in [6.07, 6.45) is 0. The minimum absolute atomic E-state index is 1.11. The summed E-state index contributed by atoms with van der Waals surface area (Å²) in [5.41, 5.74) is 9.16. The van der Waals surface area contributed by atoms with E-state index in [9.17, 15) is 0 Å². The molecule has 9 aromatic rings. The van der Waals surface area contributed by atoms with Gasteiger partial charge in [-0.3, -0.25) is 0 Å². The molecule has 0 heterocycles. The van der Waals surface area contributed by atoms with E-state index in [0.29, 0.717) is 0 Å². The predicted molar refractivity (Wildman–Crippen MR) is 214 cm³/mol. The van der Waals surface area contributed by atoms with E-state index < -0.39 is 0 Å². The normalized spacial score (nSPS) is 11.2. The van der Waals surface area contributed by atoms with E-state index in [1.807, 2.05) is 0 Å². The van der Waals surface area contributed by atoms with Gasteiger partial charge in [0.2, 0.25) is 0 Å². The molecule has 0 fully saturated rings. The third-order valence-corrected chi connectivity index (χ3v) is 9.61. The lowest BCUT2D eigenvalue weighted by Crippen LogP contribution is -2.10. The molecule has 0 aliphatic carbocycles. The summed E-state index contributed by atoms with van der Waals surface area (Å²) in [7, 11) is 0. The molecule has 0 aromatic heterocycles. The van der Waals surface area contributed by atoms with Crippen molar-refractivity contribution in [1.82, 2.24) is 0 Å². The summed E-state index contributed by atoms with van der Waals surface area (Å²) in [6.45, 7) is 0. The van der Waals surface area contributed by atoms with Crippen LogP contribution in [0.1, 0.15) is 0 Å². The lowest BCUT2D eigenvalue weighted by molar-refractivity contribution is 1.29. The third-order valence-electron chi connectivity index (χ3n) is 9.61. The van der Waals surface area contributed by atoms with Crippen molar-refractivity contribution < 1.29 is 0 Å². The number of anilines is 6. The molecular weight excluding hydrogens is 605 g/mol. The van der Waals surface area contributed by atoms with Gasteiger partial charge in [0.15, 0.2) is 0 Å². The zero-order valence-electron chi connectivity index (χ0n) is 27.5. The summed E-state index contributed by atoms with van der Waals surface area (Å²) in [5.74, 6) is 0. The maximum Gasteiger partial charge on any atom is 0.0540 e. The number of para-hydroxylation sites is 1. The van der Waals surface area contributed by atoms with Crippen LogP contribution in [0.25, 0.3) is 43.4 Å². The quantitative estimate of drug-likeness (QED) is 0.171. The molecule has 9 rings (SSSR count). The van der Waals surface area contributed by atoms with Gasteiger partial charge >= 0.3 is 0 Å². The summed E-state index contributed by atoms with van der Waals surface area (Å²) in [4.78, 5) is 4.73. The Morgan fingerprint density at radius 3 is 1.20 bits per heavy atom. The standard InChI is InChI=1S/C48H34N2/c1-2-18-41(19-3-1)49(47-22-10-16-38-13-6-8-20-45(38)47)42-29-24-36(25-30-42)37-26-31-43(32-27-37)50(44-33-28-35-12-4-5-15-40(35)34-44)48-23-11-17-39-14-7-9-21-46(39)48/h1-34H. The van der Waals surface area contributed by atoms with Crippen molar-refractivity contribution >= 4 is 66.4 Å². The Labute approximate surface area is 292 Å². The average Bonchev–Trinajstić information content (AvgIpc) is 3.19. The van der Waals surface area contributed by atoms with Gasteiger partial charge in [-0.25, -0.2) is 0 Å². The first-order chi connectivity index (χ1) is 24.8. The molecule has 9 aromatic carbocycles. The summed E-state index contributed by atoms with van der Waals surface area (Å²) < 4.78 is 0. The lowest BCUT2D eigenvalue weighted by atomic mass is 10.0. The van der Waals surface area contributed by atoms with Crippen LogP contribution in [0.3, 0.4) is 0 Å². The molecule has 0 aliphatic heterocycles. The number of benzene rings is 9. The van der Waals surface area contributed by atoms with Gasteiger partial charge in [0.05, 0.1) is 11.4 Å². The van der Waals surface area contributed by atoms with Crippen LogP contribution in [0.2, 0.25) is 0 Å². The van der Waals surface area contributed by atoms with E-state index in [0.717, 1.165) is 34.1 Å². The molecule has 0 radical (unpaired) electrons. The van der Waals surface area contributed by atoms with Crippen molar-refractivity contribution in [3.05, 3.63) is 206 Å². The number of rotatable bonds is 7. The highest BCUT2D eigenvalue weighted by Crippen LogP contribution is 2.42. The number of fused-ring (bicyclic) bond motifs is 3. The van der Waals surface area contributed by atoms with E-state index in [1.54, 1.807) is 0 Å². The fourth-order valence-electron chi connectivity index (χ4n) is 7.16. The number of hydrogen-bond acceptors (Lipinski definition) is 2. The number of hydrogen-bond donors (Lipinski definition) is 0. The molecule has 2 nitrogen and oxygen atoms in total. The van der Waals surface area contributed by atoms with Crippen LogP contribution in [0.4, 0.5) is 34.1 Å². The second-order valence-electron chi connectivity index (χ2n) is 12.6. The van der Waals surface area contributed by atoms with Crippen LogP contribution in [0.5, 0.6) is 0 Å². The molecule has 0 bridgehead atoms. The largest absolute Gasteiger partial charge is 0.310 e. The first kappa shape index (κ1) is 29.5. The molecule has 0 atom stereocenters. The molecule has 236 valence electrons. The Morgan fingerprint density at radius 1 is 0.240 bits per heavy atom. The number of nitrogens with zero attached hydrogens (tertiary/aromatic N) is 2. The molecule has 0 unspecified atom stereocenters. The fourth-order valence-corrected chi connectivity index (χ4v) is 7.16. The van der Waals surface area contributed by atoms with E-state index in [2.05, 4.69) is 216 Å². The van der Waals surface area contributed by atoms with E-state index in [4.69, 9.17) is 0 Å². The molecule has 0 N–H and O–H groups in total.